The summed E-state index contributed by atoms with van der Waals surface area (Å²) >= 11 is 0. The number of nitrogens with one attached hydrogen (secondary N) is 2. The molecule has 0 bridgehead atoms. The molecule has 1 aliphatic rings. The van der Waals surface area contributed by atoms with Gasteiger partial charge in [-0.25, -0.2) is 0 Å². The highest BCUT2D eigenvalue weighted by Gasteiger charge is 2.27. The Morgan fingerprint density at radius 3 is 3.12 bits per heavy atom. The van der Waals surface area contributed by atoms with Gasteiger partial charge in [0.05, 0.1) is 0 Å². The van der Waals surface area contributed by atoms with Crippen LogP contribution in [0.4, 0.5) is 0 Å². The Morgan fingerprint density at radius 1 is 1.62 bits per heavy atom. The van der Waals surface area contributed by atoms with Gasteiger partial charge in [0.25, 0.3) is 0 Å². The van der Waals surface area contributed by atoms with Gasteiger partial charge in [-0.2, -0.15) is 0 Å². The molecule has 0 aromatic carbocycles. The van der Waals surface area contributed by atoms with Gasteiger partial charge in [-0.3, -0.25) is 9.69 Å². The molecular formula is C12H21N3O. The standard InChI is InChI=1S/C12H21N3O/c1-3-5-6-8-15-9-7-13-10-11(15)12(16)14-4-2/h11,13H,4,6-10H2,1-2H3,(H,14,16). The van der Waals surface area contributed by atoms with E-state index in [4.69, 9.17) is 0 Å². The fourth-order valence-corrected chi connectivity index (χ4v) is 1.89. The van der Waals surface area contributed by atoms with Crippen LogP contribution in [0.1, 0.15) is 20.3 Å². The van der Waals surface area contributed by atoms with E-state index in [1.54, 1.807) is 0 Å². The Hall–Kier alpha value is -1.05. The van der Waals surface area contributed by atoms with Crippen LogP contribution in [0.15, 0.2) is 0 Å². The summed E-state index contributed by atoms with van der Waals surface area (Å²) < 4.78 is 0. The topological polar surface area (TPSA) is 44.4 Å². The molecule has 1 heterocycles. The average Bonchev–Trinajstić information content (AvgIpc) is 2.30. The molecule has 16 heavy (non-hydrogen) atoms. The molecule has 1 saturated heterocycles. The predicted octanol–water partition coefficient (Wildman–Crippen LogP) is -0.190. The van der Waals surface area contributed by atoms with Crippen molar-refractivity contribution in [2.45, 2.75) is 26.3 Å². The van der Waals surface area contributed by atoms with Crippen LogP contribution in [0.5, 0.6) is 0 Å². The molecule has 0 aromatic rings. The summed E-state index contributed by atoms with van der Waals surface area (Å²) in [5, 5.41) is 6.14. The third kappa shape index (κ3) is 3.84. The second-order valence-corrected chi connectivity index (χ2v) is 3.83. The number of likely N-dealkylation sites (N-methyl/N-ethyl adjacent to an activating group) is 1. The van der Waals surface area contributed by atoms with Crippen molar-refractivity contribution in [2.24, 2.45) is 0 Å². The Kier molecular flexibility index (Phi) is 5.91. The van der Waals surface area contributed by atoms with Crippen LogP contribution in [0.25, 0.3) is 0 Å². The van der Waals surface area contributed by atoms with E-state index in [0.717, 1.165) is 32.6 Å². The molecule has 1 atom stereocenters. The number of carbonyl (C=O) groups is 1. The predicted molar refractivity (Wildman–Crippen MR) is 65.0 cm³/mol. The lowest BCUT2D eigenvalue weighted by Crippen LogP contribution is -2.57. The van der Waals surface area contributed by atoms with Crippen LogP contribution < -0.4 is 10.6 Å². The van der Waals surface area contributed by atoms with Crippen LogP contribution in [0.2, 0.25) is 0 Å². The number of hydrogen-bond acceptors (Lipinski definition) is 3. The molecule has 2 N–H and O–H groups in total. The number of hydrogen-bond donors (Lipinski definition) is 2. The van der Waals surface area contributed by atoms with E-state index in [1.165, 1.54) is 0 Å². The van der Waals surface area contributed by atoms with Crippen molar-refractivity contribution in [3.05, 3.63) is 0 Å². The Morgan fingerprint density at radius 2 is 2.44 bits per heavy atom. The van der Waals surface area contributed by atoms with Crippen LogP contribution in [0.3, 0.4) is 0 Å². The quantitative estimate of drug-likeness (QED) is 0.649. The molecule has 4 heteroatoms. The first-order valence-corrected chi connectivity index (χ1v) is 5.91. The Labute approximate surface area is 97.8 Å². The average molecular weight is 223 g/mol. The first-order valence-electron chi connectivity index (χ1n) is 5.91. The number of nitrogens with zero attached hydrogens (tertiary/aromatic N) is 1. The maximum absolute atomic E-state index is 11.8. The summed E-state index contributed by atoms with van der Waals surface area (Å²) in [5.41, 5.74) is 0. The normalized spacial score (nSPS) is 21.0. The maximum Gasteiger partial charge on any atom is 0.238 e. The molecule has 0 radical (unpaired) electrons. The SMILES string of the molecule is CC#CCCN1CCNCC1C(=O)NCC. The van der Waals surface area contributed by atoms with Crippen molar-refractivity contribution < 1.29 is 4.79 Å². The number of carbonyl (C=O) groups excluding carboxylic acids is 1. The lowest BCUT2D eigenvalue weighted by Gasteiger charge is -2.34. The lowest BCUT2D eigenvalue weighted by atomic mass is 10.1. The molecular weight excluding hydrogens is 202 g/mol. The zero-order valence-corrected chi connectivity index (χ0v) is 10.2. The highest BCUT2D eigenvalue weighted by atomic mass is 16.2. The molecule has 1 rings (SSSR count). The van der Waals surface area contributed by atoms with Gasteiger partial charge in [0.2, 0.25) is 5.91 Å². The molecule has 1 fully saturated rings. The second kappa shape index (κ2) is 7.26. The smallest absolute Gasteiger partial charge is 0.238 e. The van der Waals surface area contributed by atoms with Crippen molar-refractivity contribution >= 4 is 5.91 Å². The molecule has 1 unspecified atom stereocenters. The summed E-state index contributed by atoms with van der Waals surface area (Å²) in [7, 11) is 0. The van der Waals surface area contributed by atoms with Gasteiger partial charge >= 0.3 is 0 Å². The highest BCUT2D eigenvalue weighted by molar-refractivity contribution is 5.82. The number of piperazine rings is 1. The monoisotopic (exact) mass is 223 g/mol. The van der Waals surface area contributed by atoms with Gasteiger partial charge in [0.15, 0.2) is 0 Å². The number of rotatable bonds is 4. The molecule has 0 spiro atoms. The second-order valence-electron chi connectivity index (χ2n) is 3.83. The minimum Gasteiger partial charge on any atom is -0.355 e. The van der Waals surface area contributed by atoms with Gasteiger partial charge in [0, 0.05) is 39.1 Å². The van der Waals surface area contributed by atoms with Crippen LogP contribution in [0, 0.1) is 11.8 Å². The van der Waals surface area contributed by atoms with E-state index in [9.17, 15) is 4.79 Å². The molecule has 0 saturated carbocycles. The minimum atomic E-state index is -0.0349. The summed E-state index contributed by atoms with van der Waals surface area (Å²) in [5.74, 6) is 6.05. The van der Waals surface area contributed by atoms with Gasteiger partial charge < -0.3 is 10.6 Å². The highest BCUT2D eigenvalue weighted by Crippen LogP contribution is 2.04. The third-order valence-electron chi connectivity index (χ3n) is 2.71. The van der Waals surface area contributed by atoms with Gasteiger partial charge in [-0.05, 0) is 13.8 Å². The van der Waals surface area contributed by atoms with Crippen molar-refractivity contribution in [1.29, 1.82) is 0 Å². The maximum atomic E-state index is 11.8. The Balaban J connectivity index is 2.48. The van der Waals surface area contributed by atoms with Gasteiger partial charge in [0.1, 0.15) is 6.04 Å². The van der Waals surface area contributed by atoms with E-state index in [2.05, 4.69) is 27.4 Å². The summed E-state index contributed by atoms with van der Waals surface area (Å²) in [6.07, 6.45) is 0.840. The van der Waals surface area contributed by atoms with E-state index >= 15 is 0 Å². The summed E-state index contributed by atoms with van der Waals surface area (Å²) in [6, 6.07) is -0.0349. The largest absolute Gasteiger partial charge is 0.355 e. The molecule has 1 aliphatic heterocycles. The van der Waals surface area contributed by atoms with E-state index < -0.39 is 0 Å². The zero-order chi connectivity index (χ0) is 11.8. The van der Waals surface area contributed by atoms with Gasteiger partial charge in [-0.1, -0.05) is 0 Å². The fourth-order valence-electron chi connectivity index (χ4n) is 1.89. The molecule has 4 nitrogen and oxygen atoms in total. The first kappa shape index (κ1) is 13.0. The van der Waals surface area contributed by atoms with E-state index in [0.29, 0.717) is 6.54 Å². The summed E-state index contributed by atoms with van der Waals surface area (Å²) in [4.78, 5) is 14.0. The van der Waals surface area contributed by atoms with Crippen LogP contribution in [-0.4, -0.2) is 49.6 Å². The zero-order valence-electron chi connectivity index (χ0n) is 10.2. The van der Waals surface area contributed by atoms with Crippen LogP contribution in [-0.2, 0) is 4.79 Å². The minimum absolute atomic E-state index is 0.0349. The third-order valence-corrected chi connectivity index (χ3v) is 2.71. The number of amides is 1. The summed E-state index contributed by atoms with van der Waals surface area (Å²) in [6.45, 7) is 7.98. The fraction of sp³-hybridized carbons (Fsp3) is 0.750. The molecule has 1 amide bonds. The van der Waals surface area contributed by atoms with Crippen molar-refractivity contribution in [3.8, 4) is 11.8 Å². The van der Waals surface area contributed by atoms with Gasteiger partial charge in [-0.15, -0.1) is 11.8 Å². The Bertz CT molecular complexity index is 280. The molecule has 0 aliphatic carbocycles. The van der Waals surface area contributed by atoms with Crippen LogP contribution >= 0.6 is 0 Å². The van der Waals surface area contributed by atoms with Crippen molar-refractivity contribution in [1.82, 2.24) is 15.5 Å². The van der Waals surface area contributed by atoms with Crippen molar-refractivity contribution in [3.63, 3.8) is 0 Å². The lowest BCUT2D eigenvalue weighted by molar-refractivity contribution is -0.126. The van der Waals surface area contributed by atoms with E-state index in [1.807, 2.05) is 13.8 Å². The van der Waals surface area contributed by atoms with Crippen molar-refractivity contribution in [2.75, 3.05) is 32.7 Å². The first-order chi connectivity index (χ1) is 7.79. The van der Waals surface area contributed by atoms with E-state index in [-0.39, 0.29) is 11.9 Å². The molecule has 0 aromatic heterocycles. The molecule has 90 valence electrons.